The van der Waals surface area contributed by atoms with Crippen LogP contribution in [-0.2, 0) is 14.6 Å². The predicted molar refractivity (Wildman–Crippen MR) is 88.1 cm³/mol. The summed E-state index contributed by atoms with van der Waals surface area (Å²) in [6.45, 7) is 3.96. The minimum absolute atomic E-state index is 0.0139. The molecule has 1 aromatic carbocycles. The van der Waals surface area contributed by atoms with E-state index in [2.05, 4.69) is 0 Å². The molecule has 0 amide bonds. The fourth-order valence-corrected chi connectivity index (χ4v) is 5.56. The molecule has 4 nitrogen and oxygen atoms in total. The van der Waals surface area contributed by atoms with Crippen molar-refractivity contribution in [3.8, 4) is 0 Å². The number of sulfone groups is 1. The third kappa shape index (κ3) is 2.77. The van der Waals surface area contributed by atoms with Crippen LogP contribution >= 0.6 is 12.2 Å². The van der Waals surface area contributed by atoms with Crippen molar-refractivity contribution in [3.63, 3.8) is 0 Å². The Hall–Kier alpha value is -1.05. The van der Waals surface area contributed by atoms with Crippen LogP contribution in [0.4, 0.5) is 4.39 Å². The van der Waals surface area contributed by atoms with Crippen molar-refractivity contribution in [3.05, 3.63) is 35.6 Å². The molecule has 0 spiro atoms. The van der Waals surface area contributed by atoms with Gasteiger partial charge in [-0.15, -0.1) is 0 Å². The number of thiocarbonyl (C=S) groups is 1. The van der Waals surface area contributed by atoms with Crippen molar-refractivity contribution >= 4 is 27.0 Å². The maximum atomic E-state index is 13.5. The second kappa shape index (κ2) is 6.22. The van der Waals surface area contributed by atoms with Crippen molar-refractivity contribution in [1.82, 2.24) is 0 Å². The van der Waals surface area contributed by atoms with Crippen LogP contribution in [-0.4, -0.2) is 37.6 Å². The molecule has 2 rings (SSSR count). The maximum absolute atomic E-state index is 13.5. The molecule has 22 heavy (non-hydrogen) atoms. The molecular formula is C15H20FNO3S2. The SMILES string of the molecule is CCOC[C@]1(C(N)=S)[C@H](c2cccc(F)c2)[C@@H]1S(=O)(=O)CC. The Morgan fingerprint density at radius 1 is 1.45 bits per heavy atom. The highest BCUT2D eigenvalue weighted by atomic mass is 32.2. The second-order valence-corrected chi connectivity index (χ2v) is 8.30. The molecular weight excluding hydrogens is 325 g/mol. The van der Waals surface area contributed by atoms with E-state index in [1.807, 2.05) is 6.92 Å². The average molecular weight is 345 g/mol. The lowest BCUT2D eigenvalue weighted by Crippen LogP contribution is -2.34. The fourth-order valence-electron chi connectivity index (χ4n) is 3.09. The van der Waals surface area contributed by atoms with Crippen LogP contribution in [0.25, 0.3) is 0 Å². The van der Waals surface area contributed by atoms with Crippen molar-refractivity contribution in [2.75, 3.05) is 19.0 Å². The number of nitrogens with two attached hydrogens (primary N) is 1. The van der Waals surface area contributed by atoms with Gasteiger partial charge in [0.05, 0.1) is 22.3 Å². The summed E-state index contributed by atoms with van der Waals surface area (Å²) >= 11 is 5.15. The monoisotopic (exact) mass is 345 g/mol. The van der Waals surface area contributed by atoms with Crippen LogP contribution in [0.15, 0.2) is 24.3 Å². The number of hydrogen-bond acceptors (Lipinski definition) is 4. The first kappa shape index (κ1) is 17.3. The topological polar surface area (TPSA) is 69.4 Å². The zero-order valence-electron chi connectivity index (χ0n) is 12.6. The van der Waals surface area contributed by atoms with Gasteiger partial charge in [-0.3, -0.25) is 0 Å². The average Bonchev–Trinajstić information content (AvgIpc) is 3.16. The number of hydrogen-bond donors (Lipinski definition) is 1. The van der Waals surface area contributed by atoms with E-state index in [4.69, 9.17) is 22.7 Å². The van der Waals surface area contributed by atoms with E-state index in [-0.39, 0.29) is 17.3 Å². The number of halogens is 1. The predicted octanol–water partition coefficient (Wildman–Crippen LogP) is 2.04. The van der Waals surface area contributed by atoms with Crippen molar-refractivity contribution < 1.29 is 17.5 Å². The lowest BCUT2D eigenvalue weighted by Gasteiger charge is -2.16. The Morgan fingerprint density at radius 2 is 2.14 bits per heavy atom. The summed E-state index contributed by atoms with van der Waals surface area (Å²) in [4.78, 5) is 0.109. The van der Waals surface area contributed by atoms with Crippen molar-refractivity contribution in [1.29, 1.82) is 0 Å². The van der Waals surface area contributed by atoms with Gasteiger partial charge in [-0.05, 0) is 24.6 Å². The fraction of sp³-hybridized carbons (Fsp3) is 0.533. The molecule has 0 aromatic heterocycles. The smallest absolute Gasteiger partial charge is 0.154 e. The van der Waals surface area contributed by atoms with Gasteiger partial charge >= 0.3 is 0 Å². The van der Waals surface area contributed by atoms with E-state index < -0.39 is 32.2 Å². The van der Waals surface area contributed by atoms with Crippen LogP contribution in [0, 0.1) is 11.2 Å². The van der Waals surface area contributed by atoms with Crippen LogP contribution in [0.2, 0.25) is 0 Å². The third-order valence-electron chi connectivity index (χ3n) is 4.26. The molecule has 2 N–H and O–H groups in total. The first-order chi connectivity index (χ1) is 10.3. The Labute approximate surface area is 135 Å². The molecule has 0 bridgehead atoms. The largest absolute Gasteiger partial charge is 0.393 e. The van der Waals surface area contributed by atoms with Gasteiger partial charge in [-0.1, -0.05) is 31.3 Å². The van der Waals surface area contributed by atoms with Gasteiger partial charge in [0.15, 0.2) is 9.84 Å². The van der Waals surface area contributed by atoms with Gasteiger partial charge in [0.25, 0.3) is 0 Å². The zero-order chi connectivity index (χ0) is 16.5. The van der Waals surface area contributed by atoms with E-state index in [9.17, 15) is 12.8 Å². The Morgan fingerprint density at radius 3 is 2.64 bits per heavy atom. The summed E-state index contributed by atoms with van der Waals surface area (Å²) in [5.41, 5.74) is 5.52. The summed E-state index contributed by atoms with van der Waals surface area (Å²) in [5.74, 6) is -0.887. The Kier molecular flexibility index (Phi) is 4.89. The second-order valence-electron chi connectivity index (χ2n) is 5.45. The van der Waals surface area contributed by atoms with E-state index >= 15 is 0 Å². The highest BCUT2D eigenvalue weighted by Crippen LogP contribution is 2.63. The molecule has 1 aromatic rings. The standard InChI is InChI=1S/C15H20FNO3S2/c1-3-20-9-15(14(17)21)12(13(15)22(18,19)4-2)10-6-5-7-11(16)8-10/h5-8,12-13H,3-4,9H2,1-2H3,(H2,17,21)/t12-,13+,15+/m1/s1. The molecule has 0 heterocycles. The molecule has 7 heteroatoms. The normalized spacial score (nSPS) is 27.6. The van der Waals surface area contributed by atoms with Crippen LogP contribution in [0.3, 0.4) is 0 Å². The Balaban J connectivity index is 2.51. The van der Waals surface area contributed by atoms with Crippen molar-refractivity contribution in [2.24, 2.45) is 11.1 Å². The summed E-state index contributed by atoms with van der Waals surface area (Å²) < 4.78 is 43.9. The van der Waals surface area contributed by atoms with E-state index in [0.717, 1.165) is 0 Å². The molecule has 0 unspecified atom stereocenters. The maximum Gasteiger partial charge on any atom is 0.154 e. The summed E-state index contributed by atoms with van der Waals surface area (Å²) in [6, 6.07) is 5.93. The first-order valence-corrected chi connectivity index (χ1v) is 9.28. The highest BCUT2D eigenvalue weighted by Gasteiger charge is 2.72. The molecule has 122 valence electrons. The quantitative estimate of drug-likeness (QED) is 0.766. The molecule has 1 aliphatic rings. The summed E-state index contributed by atoms with van der Waals surface area (Å²) in [7, 11) is -3.39. The summed E-state index contributed by atoms with van der Waals surface area (Å²) in [5, 5.41) is -0.754. The zero-order valence-corrected chi connectivity index (χ0v) is 14.2. The molecule has 1 aliphatic carbocycles. The number of rotatable bonds is 7. The number of benzene rings is 1. The van der Waals surface area contributed by atoms with Gasteiger partial charge in [-0.2, -0.15) is 0 Å². The van der Waals surface area contributed by atoms with E-state index in [0.29, 0.717) is 12.2 Å². The third-order valence-corrected chi connectivity index (χ3v) is 6.91. The minimum Gasteiger partial charge on any atom is -0.393 e. The minimum atomic E-state index is -3.39. The van der Waals surface area contributed by atoms with Gasteiger partial charge < -0.3 is 10.5 Å². The van der Waals surface area contributed by atoms with Crippen molar-refractivity contribution in [2.45, 2.75) is 25.0 Å². The van der Waals surface area contributed by atoms with Crippen LogP contribution < -0.4 is 5.73 Å². The molecule has 1 fully saturated rings. The van der Waals surface area contributed by atoms with E-state index in [1.54, 1.807) is 19.1 Å². The van der Waals surface area contributed by atoms with E-state index in [1.165, 1.54) is 12.1 Å². The van der Waals surface area contributed by atoms with Gasteiger partial charge in [0, 0.05) is 18.3 Å². The molecule has 0 aliphatic heterocycles. The van der Waals surface area contributed by atoms with Crippen LogP contribution in [0.5, 0.6) is 0 Å². The van der Waals surface area contributed by atoms with Gasteiger partial charge in [-0.25, -0.2) is 12.8 Å². The van der Waals surface area contributed by atoms with Gasteiger partial charge in [0.1, 0.15) is 5.82 Å². The molecule has 1 saturated carbocycles. The van der Waals surface area contributed by atoms with Crippen LogP contribution in [0.1, 0.15) is 25.3 Å². The highest BCUT2D eigenvalue weighted by molar-refractivity contribution is 7.92. The Bertz CT molecular complexity index is 677. The number of ether oxygens (including phenoxy) is 1. The lowest BCUT2D eigenvalue weighted by atomic mass is 10.00. The van der Waals surface area contributed by atoms with Gasteiger partial charge in [0.2, 0.25) is 0 Å². The molecule has 0 radical (unpaired) electrons. The lowest BCUT2D eigenvalue weighted by molar-refractivity contribution is 0.121. The molecule has 3 atom stereocenters. The molecule has 0 saturated heterocycles. The summed E-state index contributed by atoms with van der Waals surface area (Å²) in [6.07, 6.45) is 0. The first-order valence-electron chi connectivity index (χ1n) is 7.16.